The Kier molecular flexibility index (Phi) is 7.95. The van der Waals surface area contributed by atoms with Crippen molar-refractivity contribution >= 4 is 14.3 Å². The molecule has 0 spiro atoms. The molecule has 192 valence electrons. The van der Waals surface area contributed by atoms with Gasteiger partial charge in [-0.25, -0.2) is 4.79 Å². The van der Waals surface area contributed by atoms with E-state index in [1.54, 1.807) is 4.90 Å². The topological polar surface area (TPSA) is 93.0 Å². The molecule has 2 saturated heterocycles. The molecule has 2 fully saturated rings. The summed E-state index contributed by atoms with van der Waals surface area (Å²) in [6.45, 7) is 14.5. The van der Waals surface area contributed by atoms with Gasteiger partial charge in [0.15, 0.2) is 8.32 Å². The SMILES string of the molecule is CC(C)(C)[Si](C)(C)OCCNCCc1nnc([C@@H]2CCC3CN2C(=O)N3OCc2ccccc2)o1. The van der Waals surface area contributed by atoms with Crippen molar-refractivity contribution in [3.05, 3.63) is 47.7 Å². The van der Waals surface area contributed by atoms with E-state index >= 15 is 0 Å². The average molecular weight is 502 g/mol. The largest absolute Gasteiger partial charge is 0.423 e. The normalized spacial score (nSPS) is 20.7. The van der Waals surface area contributed by atoms with Gasteiger partial charge in [0.25, 0.3) is 0 Å². The summed E-state index contributed by atoms with van der Waals surface area (Å²) in [5.41, 5.74) is 1.04. The number of aromatic nitrogens is 2. The summed E-state index contributed by atoms with van der Waals surface area (Å²) in [6.07, 6.45) is 2.27. The van der Waals surface area contributed by atoms with E-state index in [9.17, 15) is 4.79 Å². The van der Waals surface area contributed by atoms with Crippen LogP contribution < -0.4 is 5.32 Å². The third kappa shape index (κ3) is 6.11. The third-order valence-electron chi connectivity index (χ3n) is 7.37. The zero-order valence-electron chi connectivity index (χ0n) is 21.6. The number of carbonyl (C=O) groups excluding carboxylic acids is 1. The molecule has 2 aliphatic rings. The third-order valence-corrected chi connectivity index (χ3v) is 11.9. The summed E-state index contributed by atoms with van der Waals surface area (Å²) in [6, 6.07) is 9.61. The van der Waals surface area contributed by atoms with Gasteiger partial charge in [0.05, 0.1) is 6.04 Å². The molecule has 2 atom stereocenters. The van der Waals surface area contributed by atoms with Crippen LogP contribution in [0, 0.1) is 0 Å². The van der Waals surface area contributed by atoms with Crippen LogP contribution in [0.4, 0.5) is 4.79 Å². The van der Waals surface area contributed by atoms with E-state index in [0.717, 1.165) is 31.5 Å². The maximum absolute atomic E-state index is 13.0. The maximum Gasteiger partial charge on any atom is 0.345 e. The van der Waals surface area contributed by atoms with Crippen molar-refractivity contribution in [1.82, 2.24) is 25.5 Å². The van der Waals surface area contributed by atoms with Gasteiger partial charge in [0, 0.05) is 32.7 Å². The molecule has 2 aromatic rings. The number of rotatable bonds is 11. The van der Waals surface area contributed by atoms with E-state index in [-0.39, 0.29) is 23.2 Å². The molecular formula is C25H39N5O4Si. The first-order chi connectivity index (χ1) is 16.7. The van der Waals surface area contributed by atoms with Crippen molar-refractivity contribution in [2.75, 3.05) is 26.2 Å². The highest BCUT2D eigenvalue weighted by Crippen LogP contribution is 2.38. The summed E-state index contributed by atoms with van der Waals surface area (Å²) in [4.78, 5) is 20.7. The molecular weight excluding hydrogens is 462 g/mol. The van der Waals surface area contributed by atoms with Gasteiger partial charge < -0.3 is 19.1 Å². The van der Waals surface area contributed by atoms with Gasteiger partial charge in [-0.05, 0) is 36.5 Å². The van der Waals surface area contributed by atoms with E-state index < -0.39 is 8.32 Å². The number of nitrogens with zero attached hydrogens (tertiary/aromatic N) is 4. The van der Waals surface area contributed by atoms with Gasteiger partial charge in [-0.2, -0.15) is 5.06 Å². The first kappa shape index (κ1) is 25.8. The second-order valence-electron chi connectivity index (χ2n) is 10.9. The van der Waals surface area contributed by atoms with Crippen LogP contribution in [0.25, 0.3) is 0 Å². The first-order valence-corrected chi connectivity index (χ1v) is 15.5. The van der Waals surface area contributed by atoms with E-state index in [2.05, 4.69) is 49.4 Å². The number of nitrogens with one attached hydrogen (secondary N) is 1. The molecule has 1 aromatic heterocycles. The molecule has 0 saturated carbocycles. The van der Waals surface area contributed by atoms with Gasteiger partial charge in [0.2, 0.25) is 11.8 Å². The Labute approximate surface area is 209 Å². The highest BCUT2D eigenvalue weighted by molar-refractivity contribution is 6.74. The zero-order chi connectivity index (χ0) is 25.1. The molecule has 3 heterocycles. The smallest absolute Gasteiger partial charge is 0.345 e. The number of hydrogen-bond donors (Lipinski definition) is 1. The number of hydrogen-bond acceptors (Lipinski definition) is 7. The molecule has 2 bridgehead atoms. The lowest BCUT2D eigenvalue weighted by Gasteiger charge is -2.36. The van der Waals surface area contributed by atoms with E-state index in [0.29, 0.717) is 38.0 Å². The lowest BCUT2D eigenvalue weighted by molar-refractivity contribution is -0.140. The molecule has 35 heavy (non-hydrogen) atoms. The average Bonchev–Trinajstić information content (AvgIpc) is 3.38. The number of hydroxylamine groups is 2. The molecule has 2 amide bonds. The number of carbonyl (C=O) groups is 1. The fraction of sp³-hybridized carbons (Fsp3) is 0.640. The van der Waals surface area contributed by atoms with Gasteiger partial charge in [-0.3, -0.25) is 4.84 Å². The Morgan fingerprint density at radius 3 is 2.66 bits per heavy atom. The summed E-state index contributed by atoms with van der Waals surface area (Å²) < 4.78 is 12.1. The Morgan fingerprint density at radius 2 is 1.91 bits per heavy atom. The van der Waals surface area contributed by atoms with Crippen LogP contribution >= 0.6 is 0 Å². The number of fused-ring (bicyclic) bond motifs is 2. The van der Waals surface area contributed by atoms with Gasteiger partial charge in [-0.1, -0.05) is 51.1 Å². The second-order valence-corrected chi connectivity index (χ2v) is 15.7. The number of urea groups is 1. The highest BCUT2D eigenvalue weighted by Gasteiger charge is 2.47. The Balaban J connectivity index is 1.22. The predicted molar refractivity (Wildman–Crippen MR) is 135 cm³/mol. The molecule has 4 rings (SSSR count). The van der Waals surface area contributed by atoms with Crippen LogP contribution in [0.1, 0.15) is 57.0 Å². The van der Waals surface area contributed by atoms with E-state index in [1.807, 2.05) is 30.3 Å². The summed E-state index contributed by atoms with van der Waals surface area (Å²) in [5, 5.41) is 13.6. The van der Waals surface area contributed by atoms with Crippen LogP contribution in [-0.2, 0) is 22.3 Å². The molecule has 2 aliphatic heterocycles. The van der Waals surface area contributed by atoms with Crippen molar-refractivity contribution in [3.63, 3.8) is 0 Å². The van der Waals surface area contributed by atoms with Crippen LogP contribution in [0.2, 0.25) is 18.1 Å². The Bertz CT molecular complexity index is 978. The molecule has 0 aliphatic carbocycles. The van der Waals surface area contributed by atoms with E-state index in [1.165, 1.54) is 5.06 Å². The predicted octanol–water partition coefficient (Wildman–Crippen LogP) is 4.30. The quantitative estimate of drug-likeness (QED) is 0.362. The maximum atomic E-state index is 13.0. The van der Waals surface area contributed by atoms with Crippen LogP contribution in [0.15, 0.2) is 34.7 Å². The summed E-state index contributed by atoms with van der Waals surface area (Å²) >= 11 is 0. The Hall–Kier alpha value is -2.27. The van der Waals surface area contributed by atoms with Gasteiger partial charge in [-0.15, -0.1) is 10.2 Å². The van der Waals surface area contributed by atoms with Crippen molar-refractivity contribution in [3.8, 4) is 0 Å². The van der Waals surface area contributed by atoms with Crippen LogP contribution in [-0.4, -0.2) is 66.8 Å². The Morgan fingerprint density at radius 1 is 1.14 bits per heavy atom. The molecule has 1 N–H and O–H groups in total. The fourth-order valence-electron chi connectivity index (χ4n) is 4.19. The molecule has 0 radical (unpaired) electrons. The van der Waals surface area contributed by atoms with Crippen molar-refractivity contribution in [2.45, 2.75) is 76.9 Å². The minimum absolute atomic E-state index is 0.0580. The second kappa shape index (κ2) is 10.8. The lowest BCUT2D eigenvalue weighted by atomic mass is 10.0. The zero-order valence-corrected chi connectivity index (χ0v) is 22.6. The number of benzene rings is 1. The number of piperidine rings is 1. The monoisotopic (exact) mass is 501 g/mol. The number of amides is 2. The summed E-state index contributed by atoms with van der Waals surface area (Å²) in [5.74, 6) is 1.10. The van der Waals surface area contributed by atoms with Crippen molar-refractivity contribution in [1.29, 1.82) is 0 Å². The fourth-order valence-corrected chi connectivity index (χ4v) is 5.24. The van der Waals surface area contributed by atoms with Crippen LogP contribution in [0.5, 0.6) is 0 Å². The lowest BCUT2D eigenvalue weighted by Crippen LogP contribution is -2.42. The molecule has 1 unspecified atom stereocenters. The minimum atomic E-state index is -1.71. The first-order valence-electron chi connectivity index (χ1n) is 12.6. The van der Waals surface area contributed by atoms with E-state index in [4.69, 9.17) is 13.7 Å². The standard InChI is InChI=1S/C25H39N5O4Si/c1-25(2,3)35(4,5)33-16-15-26-14-13-22-27-28-23(34-22)21-12-11-20-17-29(21)24(31)30(20)32-18-19-9-7-6-8-10-19/h6-10,20-21,26H,11-18H2,1-5H3/t20?,21-/m0/s1. The summed E-state index contributed by atoms with van der Waals surface area (Å²) in [7, 11) is -1.71. The van der Waals surface area contributed by atoms with Crippen LogP contribution in [0.3, 0.4) is 0 Å². The molecule has 10 heteroatoms. The van der Waals surface area contributed by atoms with Gasteiger partial charge in [0.1, 0.15) is 12.6 Å². The van der Waals surface area contributed by atoms with Crippen molar-refractivity contribution in [2.24, 2.45) is 0 Å². The highest BCUT2D eigenvalue weighted by atomic mass is 28.4. The molecule has 9 nitrogen and oxygen atoms in total. The minimum Gasteiger partial charge on any atom is -0.423 e. The molecule has 1 aromatic carbocycles. The van der Waals surface area contributed by atoms with Gasteiger partial charge >= 0.3 is 6.03 Å². The van der Waals surface area contributed by atoms with Crippen molar-refractivity contribution < 1.29 is 18.5 Å².